The van der Waals surface area contributed by atoms with Crippen LogP contribution >= 0.6 is 0 Å². The van der Waals surface area contributed by atoms with Crippen molar-refractivity contribution < 1.29 is 32.2 Å². The van der Waals surface area contributed by atoms with Crippen LogP contribution in [0, 0.1) is 29.9 Å². The molecule has 5 aliphatic rings. The number of likely N-dealkylation sites (tertiary alicyclic amines) is 1. The normalized spacial score (nSPS) is 27.0. The number of anilines is 1. The van der Waals surface area contributed by atoms with Gasteiger partial charge in [-0.2, -0.15) is 15.1 Å². The third kappa shape index (κ3) is 5.93. The van der Waals surface area contributed by atoms with Crippen molar-refractivity contribution in [3.05, 3.63) is 47.7 Å². The number of terminal acetylenes is 1. The van der Waals surface area contributed by atoms with E-state index in [2.05, 4.69) is 20.6 Å². The number of ether oxygens (including phenoxy) is 3. The van der Waals surface area contributed by atoms with Gasteiger partial charge in [0, 0.05) is 87.5 Å². The van der Waals surface area contributed by atoms with Crippen LogP contribution in [-0.2, 0) is 11.8 Å². The fraction of sp³-hybridized carbons (Fsp3) is 0.488. The van der Waals surface area contributed by atoms with Crippen LogP contribution < -0.4 is 20.1 Å². The number of alkyl halides is 1. The van der Waals surface area contributed by atoms with Crippen LogP contribution in [-0.4, -0.2) is 112 Å². The molecule has 4 aliphatic heterocycles. The second-order valence-corrected chi connectivity index (χ2v) is 16.9. The number of carbonyl (C=O) groups excluding carboxylic acids is 1. The van der Waals surface area contributed by atoms with Crippen LogP contribution in [0.1, 0.15) is 50.5 Å². The number of aryl methyl sites for hydroxylation is 1. The highest BCUT2D eigenvalue weighted by Gasteiger charge is 2.50. The highest BCUT2D eigenvalue weighted by Crippen LogP contribution is 2.48. The van der Waals surface area contributed by atoms with Gasteiger partial charge < -0.3 is 24.8 Å². The zero-order valence-electron chi connectivity index (χ0n) is 32.5. The van der Waals surface area contributed by atoms with Crippen LogP contribution in [0.4, 0.5) is 23.8 Å². The summed E-state index contributed by atoms with van der Waals surface area (Å²) in [5.41, 5.74) is 5.23. The lowest BCUT2D eigenvalue weighted by atomic mass is 9.79. The van der Waals surface area contributed by atoms with Crippen LogP contribution in [0.15, 0.2) is 30.5 Å². The van der Waals surface area contributed by atoms with Crippen LogP contribution in [0.3, 0.4) is 0 Å². The molecule has 0 spiro atoms. The minimum Gasteiger partial charge on any atom is -0.461 e. The number of rotatable bonds is 9. The average Bonchev–Trinajstić information content (AvgIpc) is 3.90. The van der Waals surface area contributed by atoms with Crippen molar-refractivity contribution >= 4 is 44.5 Å². The predicted molar refractivity (Wildman–Crippen MR) is 213 cm³/mol. The lowest BCUT2D eigenvalue weighted by Gasteiger charge is -2.49. The first-order chi connectivity index (χ1) is 28.0. The quantitative estimate of drug-likeness (QED) is 0.176. The number of methoxy groups -OCH3 is 1. The summed E-state index contributed by atoms with van der Waals surface area (Å²) in [6.45, 7) is 3.77. The van der Waals surface area contributed by atoms with E-state index in [-0.39, 0.29) is 63.6 Å². The van der Waals surface area contributed by atoms with E-state index in [0.29, 0.717) is 46.9 Å². The molecule has 4 saturated heterocycles. The summed E-state index contributed by atoms with van der Waals surface area (Å²) >= 11 is 0. The van der Waals surface area contributed by atoms with Gasteiger partial charge in [0.15, 0.2) is 5.82 Å². The lowest BCUT2D eigenvalue weighted by molar-refractivity contribution is 0.0199. The standard InChI is InChI=1S/C43H45F3N8O4/c1-4-30-33(45)9-6-24-14-29(58-41(47)55)15-31(34(24)30)35-37(46)39-36(32-20-51(2)50-38(32)35)40(49-42(48-39)57-22-43-10-5-11-53(43)17-25(44)16-43)54-26-7-8-27(54)19-52(18-26)28-12-23(13-28)21-56-3/h1,6,9,14-15,20,23,25-28H,5,7-8,10-13,16-19,21-22H2,2-3H3,(H2,47,55)/t23?,25-,26?,27?,28?,43+/m1/s1. The van der Waals surface area contributed by atoms with Crippen molar-refractivity contribution in [2.45, 2.75) is 74.8 Å². The summed E-state index contributed by atoms with van der Waals surface area (Å²) in [5, 5.41) is 6.46. The van der Waals surface area contributed by atoms with Gasteiger partial charge in [0.2, 0.25) is 0 Å². The van der Waals surface area contributed by atoms with Crippen molar-refractivity contribution in [3.8, 4) is 35.2 Å². The van der Waals surface area contributed by atoms with E-state index < -0.39 is 29.4 Å². The van der Waals surface area contributed by atoms with Crippen molar-refractivity contribution in [2.24, 2.45) is 18.7 Å². The minimum atomic E-state index is -1.07. The number of nitrogens with zero attached hydrogens (tertiary/aromatic N) is 7. The molecule has 2 aromatic heterocycles. The predicted octanol–water partition coefficient (Wildman–Crippen LogP) is 6.09. The zero-order valence-corrected chi connectivity index (χ0v) is 32.5. The van der Waals surface area contributed by atoms with Crippen LogP contribution in [0.5, 0.6) is 11.8 Å². The van der Waals surface area contributed by atoms with Gasteiger partial charge in [-0.3, -0.25) is 14.5 Å². The number of carbonyl (C=O) groups is 1. The molecule has 0 radical (unpaired) electrons. The Balaban J connectivity index is 1.17. The number of halogens is 3. The maximum Gasteiger partial charge on any atom is 0.409 e. The molecule has 3 aromatic carbocycles. The Hall–Kier alpha value is -5.17. The summed E-state index contributed by atoms with van der Waals surface area (Å²) < 4.78 is 67.1. The Kier molecular flexibility index (Phi) is 8.96. The molecule has 2 N–H and O–H groups in total. The van der Waals surface area contributed by atoms with Gasteiger partial charge in [-0.15, -0.1) is 6.42 Å². The van der Waals surface area contributed by atoms with Gasteiger partial charge >= 0.3 is 12.1 Å². The number of amides is 1. The highest BCUT2D eigenvalue weighted by molar-refractivity contribution is 6.18. The number of aromatic nitrogens is 4. The van der Waals surface area contributed by atoms with Gasteiger partial charge in [-0.1, -0.05) is 12.0 Å². The van der Waals surface area contributed by atoms with Crippen molar-refractivity contribution in [1.82, 2.24) is 29.5 Å². The fourth-order valence-electron chi connectivity index (χ4n) is 10.9. The van der Waals surface area contributed by atoms with E-state index >= 15 is 8.78 Å². The second-order valence-electron chi connectivity index (χ2n) is 16.9. The largest absolute Gasteiger partial charge is 0.461 e. The molecule has 5 aromatic rings. The number of hydrogen-bond acceptors (Lipinski definition) is 10. The Morgan fingerprint density at radius 2 is 1.86 bits per heavy atom. The molecule has 302 valence electrons. The molecule has 2 bridgehead atoms. The van der Waals surface area contributed by atoms with E-state index in [1.165, 1.54) is 24.3 Å². The van der Waals surface area contributed by atoms with E-state index in [0.717, 1.165) is 64.8 Å². The first-order valence-electron chi connectivity index (χ1n) is 20.1. The SMILES string of the molecule is C#Cc1c(F)ccc2cc(OC(N)=O)cc(-c3c(F)c4nc(OC[C@@]56CCCN5C[C@H](F)C6)nc(N5C6CCC5CN(C5CC(COC)C5)C6)c4c4cn(C)nc34)c12. The van der Waals surface area contributed by atoms with E-state index in [1.54, 1.807) is 25.0 Å². The maximum atomic E-state index is 18.0. The van der Waals surface area contributed by atoms with E-state index in [4.69, 9.17) is 41.4 Å². The third-order valence-corrected chi connectivity index (χ3v) is 13.4. The summed E-state index contributed by atoms with van der Waals surface area (Å²) in [7, 11) is 3.50. The van der Waals surface area contributed by atoms with Gasteiger partial charge in [0.05, 0.1) is 16.5 Å². The Morgan fingerprint density at radius 1 is 1.07 bits per heavy atom. The smallest absolute Gasteiger partial charge is 0.409 e. The second kappa shape index (κ2) is 14.0. The number of benzene rings is 3. The molecule has 2 unspecified atom stereocenters. The third-order valence-electron chi connectivity index (χ3n) is 13.4. The molecule has 58 heavy (non-hydrogen) atoms. The first kappa shape index (κ1) is 37.1. The van der Waals surface area contributed by atoms with Gasteiger partial charge in [0.25, 0.3) is 0 Å². The van der Waals surface area contributed by atoms with Crippen LogP contribution in [0.2, 0.25) is 0 Å². The Bertz CT molecular complexity index is 2520. The van der Waals surface area contributed by atoms with Gasteiger partial charge in [-0.05, 0) is 80.1 Å². The molecule has 1 aliphatic carbocycles. The van der Waals surface area contributed by atoms with Crippen LogP contribution in [0.25, 0.3) is 43.7 Å². The number of nitrogens with two attached hydrogens (primary N) is 1. The zero-order chi connectivity index (χ0) is 40.0. The van der Waals surface area contributed by atoms with E-state index in [9.17, 15) is 9.18 Å². The van der Waals surface area contributed by atoms with Crippen molar-refractivity contribution in [3.63, 3.8) is 0 Å². The maximum absolute atomic E-state index is 18.0. The van der Waals surface area contributed by atoms with Crippen molar-refractivity contribution in [1.29, 1.82) is 0 Å². The molecule has 4 atom stereocenters. The molecule has 15 heteroatoms. The fourth-order valence-corrected chi connectivity index (χ4v) is 10.9. The molecular weight excluding hydrogens is 750 g/mol. The molecule has 1 amide bonds. The number of hydrogen-bond donors (Lipinski definition) is 1. The highest BCUT2D eigenvalue weighted by atomic mass is 19.1. The lowest BCUT2D eigenvalue weighted by Crippen LogP contribution is -2.59. The van der Waals surface area contributed by atoms with Gasteiger partial charge in [-0.25, -0.2) is 18.0 Å². The average molecular weight is 795 g/mol. The molecule has 1 saturated carbocycles. The summed E-state index contributed by atoms with van der Waals surface area (Å²) in [6, 6.07) is 6.33. The minimum absolute atomic E-state index is 0.00613. The molecule has 6 heterocycles. The molecule has 10 rings (SSSR count). The molecule has 5 fully saturated rings. The number of piperazine rings is 1. The van der Waals surface area contributed by atoms with E-state index in [1.807, 2.05) is 0 Å². The monoisotopic (exact) mass is 794 g/mol. The molecule has 12 nitrogen and oxygen atoms in total. The summed E-state index contributed by atoms with van der Waals surface area (Å²) in [5.74, 6) is 2.15. The Labute approximate surface area is 333 Å². The summed E-state index contributed by atoms with van der Waals surface area (Å²) in [6.07, 6.45) is 11.8. The Morgan fingerprint density at radius 3 is 2.60 bits per heavy atom. The van der Waals surface area contributed by atoms with Gasteiger partial charge in [0.1, 0.15) is 41.2 Å². The molecular formula is C43H45F3N8O4. The first-order valence-corrected chi connectivity index (χ1v) is 20.1. The number of primary amides is 1. The van der Waals surface area contributed by atoms with Crippen molar-refractivity contribution in [2.75, 3.05) is 51.4 Å². The number of fused-ring (bicyclic) bond motifs is 7. The summed E-state index contributed by atoms with van der Waals surface area (Å²) in [4.78, 5) is 29.0. The topological polar surface area (TPSA) is 124 Å².